The van der Waals surface area contributed by atoms with Crippen LogP contribution < -0.4 is 19.9 Å². The quantitative estimate of drug-likeness (QED) is 0.798. The predicted octanol–water partition coefficient (Wildman–Crippen LogP) is 2.02. The molecule has 0 fully saturated rings. The second kappa shape index (κ2) is 5.93. The number of carbonyl (C=O) groups is 1. The van der Waals surface area contributed by atoms with Gasteiger partial charge in [-0.3, -0.25) is 4.79 Å². The average Bonchev–Trinajstić information content (AvgIpc) is 2.34. The maximum atomic E-state index is 12.3. The van der Waals surface area contributed by atoms with Crippen LogP contribution in [0.3, 0.4) is 0 Å². The minimum absolute atomic E-state index is 0.121. The van der Waals surface area contributed by atoms with E-state index in [2.05, 4.69) is 0 Å². The first-order chi connectivity index (χ1) is 8.82. The van der Waals surface area contributed by atoms with Crippen LogP contribution in [-0.4, -0.2) is 32.7 Å². The van der Waals surface area contributed by atoms with Gasteiger partial charge >= 0.3 is 0 Å². The maximum absolute atomic E-state index is 12.3. The molecule has 0 atom stereocenters. The number of Topliss-reactive ketones (excluding diaryl/α,β-unsaturated/α-hetero) is 1. The van der Waals surface area contributed by atoms with Gasteiger partial charge in [-0.15, -0.1) is 0 Å². The molecule has 0 bridgehead atoms. The summed E-state index contributed by atoms with van der Waals surface area (Å²) in [5, 5.41) is 0. The van der Waals surface area contributed by atoms with Crippen molar-refractivity contribution >= 4 is 5.78 Å². The van der Waals surface area contributed by atoms with Gasteiger partial charge in [0.1, 0.15) is 22.8 Å². The molecule has 19 heavy (non-hydrogen) atoms. The molecule has 0 amide bonds. The standard InChI is InChI=1S/C14H21NO4/c1-14(2,15)8-10(16)13-11(18-4)6-9(17-3)7-12(13)19-5/h6-7H,8,15H2,1-5H3. The highest BCUT2D eigenvalue weighted by molar-refractivity contribution is 6.02. The van der Waals surface area contributed by atoms with Crippen LogP contribution in [0.25, 0.3) is 0 Å². The molecule has 0 heterocycles. The van der Waals surface area contributed by atoms with E-state index in [0.717, 1.165) is 0 Å². The van der Waals surface area contributed by atoms with E-state index in [4.69, 9.17) is 19.9 Å². The molecule has 0 unspecified atom stereocenters. The van der Waals surface area contributed by atoms with Crippen LogP contribution in [0.1, 0.15) is 30.6 Å². The summed E-state index contributed by atoms with van der Waals surface area (Å²) in [5.74, 6) is 1.29. The molecule has 0 aliphatic carbocycles. The Hall–Kier alpha value is -1.75. The third kappa shape index (κ3) is 3.86. The molecule has 0 saturated heterocycles. The van der Waals surface area contributed by atoms with Gasteiger partial charge in [0, 0.05) is 24.1 Å². The van der Waals surface area contributed by atoms with Gasteiger partial charge in [-0.2, -0.15) is 0 Å². The van der Waals surface area contributed by atoms with E-state index < -0.39 is 5.54 Å². The average molecular weight is 267 g/mol. The molecule has 0 spiro atoms. The van der Waals surface area contributed by atoms with Crippen LogP contribution in [0.4, 0.5) is 0 Å². The van der Waals surface area contributed by atoms with Crippen LogP contribution in [0.15, 0.2) is 12.1 Å². The van der Waals surface area contributed by atoms with Crippen LogP contribution in [-0.2, 0) is 0 Å². The summed E-state index contributed by atoms with van der Waals surface area (Å²) < 4.78 is 15.6. The summed E-state index contributed by atoms with van der Waals surface area (Å²) in [6.07, 6.45) is 0.200. The zero-order chi connectivity index (χ0) is 14.6. The van der Waals surface area contributed by atoms with Crippen molar-refractivity contribution in [2.45, 2.75) is 25.8 Å². The monoisotopic (exact) mass is 267 g/mol. The number of rotatable bonds is 6. The highest BCUT2D eigenvalue weighted by Gasteiger charge is 2.24. The molecule has 1 aromatic rings. The zero-order valence-electron chi connectivity index (χ0n) is 12.1. The van der Waals surface area contributed by atoms with E-state index >= 15 is 0 Å². The van der Waals surface area contributed by atoms with E-state index in [0.29, 0.717) is 22.8 Å². The number of ketones is 1. The molecule has 106 valence electrons. The van der Waals surface area contributed by atoms with Gasteiger partial charge < -0.3 is 19.9 Å². The van der Waals surface area contributed by atoms with Gasteiger partial charge in [0.25, 0.3) is 0 Å². The molecule has 5 nitrogen and oxygen atoms in total. The molecule has 2 N–H and O–H groups in total. The van der Waals surface area contributed by atoms with Crippen LogP contribution in [0, 0.1) is 0 Å². The Morgan fingerprint density at radius 1 is 1.11 bits per heavy atom. The topological polar surface area (TPSA) is 70.8 Å². The fraction of sp³-hybridized carbons (Fsp3) is 0.500. The van der Waals surface area contributed by atoms with E-state index in [1.165, 1.54) is 14.2 Å². The Labute approximate surface area is 113 Å². The highest BCUT2D eigenvalue weighted by atomic mass is 16.5. The Morgan fingerprint density at radius 3 is 1.89 bits per heavy atom. The van der Waals surface area contributed by atoms with Gasteiger partial charge in [0.2, 0.25) is 0 Å². The lowest BCUT2D eigenvalue weighted by molar-refractivity contribution is 0.0954. The van der Waals surface area contributed by atoms with Crippen molar-refractivity contribution in [1.82, 2.24) is 0 Å². The van der Waals surface area contributed by atoms with Crippen molar-refractivity contribution in [3.8, 4) is 17.2 Å². The van der Waals surface area contributed by atoms with Crippen LogP contribution >= 0.6 is 0 Å². The number of hydrogen-bond donors (Lipinski definition) is 1. The zero-order valence-corrected chi connectivity index (χ0v) is 12.1. The summed E-state index contributed by atoms with van der Waals surface area (Å²) in [6.45, 7) is 3.60. The van der Waals surface area contributed by atoms with E-state index in [1.807, 2.05) is 0 Å². The number of hydrogen-bond acceptors (Lipinski definition) is 5. The molecular formula is C14H21NO4. The number of benzene rings is 1. The van der Waals surface area contributed by atoms with Crippen LogP contribution in [0.2, 0.25) is 0 Å². The number of nitrogens with two attached hydrogens (primary N) is 1. The summed E-state index contributed by atoms with van der Waals surface area (Å²) in [5.41, 5.74) is 5.69. The Kier molecular flexibility index (Phi) is 4.78. The van der Waals surface area contributed by atoms with Gasteiger partial charge in [-0.05, 0) is 13.8 Å². The molecule has 1 aromatic carbocycles. The fourth-order valence-electron chi connectivity index (χ4n) is 1.78. The normalized spacial score (nSPS) is 11.1. The third-order valence-corrected chi connectivity index (χ3v) is 2.61. The second-order valence-electron chi connectivity index (χ2n) is 5.00. The molecule has 0 aromatic heterocycles. The third-order valence-electron chi connectivity index (χ3n) is 2.61. The number of methoxy groups -OCH3 is 3. The van der Waals surface area contributed by atoms with E-state index in [-0.39, 0.29) is 12.2 Å². The fourth-order valence-corrected chi connectivity index (χ4v) is 1.78. The lowest BCUT2D eigenvalue weighted by atomic mass is 9.94. The minimum Gasteiger partial charge on any atom is -0.496 e. The van der Waals surface area contributed by atoms with Crippen molar-refractivity contribution in [3.05, 3.63) is 17.7 Å². The van der Waals surface area contributed by atoms with Gasteiger partial charge in [0.15, 0.2) is 5.78 Å². The molecule has 0 aliphatic rings. The van der Waals surface area contributed by atoms with E-state index in [9.17, 15) is 4.79 Å². The molecule has 0 aliphatic heterocycles. The summed E-state index contributed by atoms with van der Waals surface area (Å²) in [7, 11) is 4.54. The highest BCUT2D eigenvalue weighted by Crippen LogP contribution is 2.35. The first-order valence-corrected chi connectivity index (χ1v) is 5.94. The van der Waals surface area contributed by atoms with Gasteiger partial charge in [-0.25, -0.2) is 0 Å². The Bertz CT molecular complexity index is 438. The maximum Gasteiger partial charge on any atom is 0.172 e. The summed E-state index contributed by atoms with van der Waals surface area (Å²) in [4.78, 5) is 12.3. The second-order valence-corrected chi connectivity index (χ2v) is 5.00. The Balaban J connectivity index is 3.28. The summed E-state index contributed by atoms with van der Waals surface area (Å²) in [6, 6.07) is 3.30. The largest absolute Gasteiger partial charge is 0.496 e. The smallest absolute Gasteiger partial charge is 0.172 e. The number of ether oxygens (including phenoxy) is 3. The van der Waals surface area contributed by atoms with Gasteiger partial charge in [-0.1, -0.05) is 0 Å². The minimum atomic E-state index is -0.590. The number of carbonyl (C=O) groups excluding carboxylic acids is 1. The summed E-state index contributed by atoms with van der Waals surface area (Å²) >= 11 is 0. The van der Waals surface area contributed by atoms with Crippen molar-refractivity contribution in [2.75, 3.05) is 21.3 Å². The first kappa shape index (κ1) is 15.3. The van der Waals surface area contributed by atoms with Crippen LogP contribution in [0.5, 0.6) is 17.2 Å². The molecule has 0 saturated carbocycles. The van der Waals surface area contributed by atoms with Gasteiger partial charge in [0.05, 0.1) is 21.3 Å². The lowest BCUT2D eigenvalue weighted by Gasteiger charge is -2.19. The first-order valence-electron chi connectivity index (χ1n) is 5.94. The van der Waals surface area contributed by atoms with Crippen molar-refractivity contribution < 1.29 is 19.0 Å². The lowest BCUT2D eigenvalue weighted by Crippen LogP contribution is -2.34. The molecule has 1 rings (SSSR count). The molecule has 0 radical (unpaired) electrons. The SMILES string of the molecule is COc1cc(OC)c(C(=O)CC(C)(C)N)c(OC)c1. The van der Waals surface area contributed by atoms with E-state index in [1.54, 1.807) is 33.1 Å². The van der Waals surface area contributed by atoms with Crippen molar-refractivity contribution in [2.24, 2.45) is 5.73 Å². The Morgan fingerprint density at radius 2 is 1.58 bits per heavy atom. The molecule has 5 heteroatoms. The predicted molar refractivity (Wildman–Crippen MR) is 73.3 cm³/mol. The van der Waals surface area contributed by atoms with Crippen molar-refractivity contribution in [1.29, 1.82) is 0 Å². The van der Waals surface area contributed by atoms with Crippen molar-refractivity contribution in [3.63, 3.8) is 0 Å². The molecular weight excluding hydrogens is 246 g/mol.